The summed E-state index contributed by atoms with van der Waals surface area (Å²) in [6.07, 6.45) is -4.43. The molecule has 38 heavy (non-hydrogen) atoms. The average Bonchev–Trinajstić information content (AvgIpc) is 3.37. The van der Waals surface area contributed by atoms with Crippen LogP contribution in [0.5, 0.6) is 5.75 Å². The van der Waals surface area contributed by atoms with Crippen LogP contribution in [0.25, 0.3) is 11.5 Å². The maximum Gasteiger partial charge on any atom is 0.491 e. The van der Waals surface area contributed by atoms with E-state index in [9.17, 15) is 27.2 Å². The number of hydrogen-bond acceptors (Lipinski definition) is 9. The van der Waals surface area contributed by atoms with Crippen LogP contribution in [0.2, 0.25) is 0 Å². The highest BCUT2D eigenvalue weighted by Crippen LogP contribution is 2.26. The van der Waals surface area contributed by atoms with Crippen molar-refractivity contribution >= 4 is 23.6 Å². The molecule has 3 aromatic rings. The molecule has 1 aromatic heterocycles. The van der Waals surface area contributed by atoms with Gasteiger partial charge in [-0.3, -0.25) is 9.69 Å². The van der Waals surface area contributed by atoms with Gasteiger partial charge >= 0.3 is 18.2 Å². The highest BCUT2D eigenvalue weighted by atomic mass is 19.4. The second-order valence-corrected chi connectivity index (χ2v) is 8.18. The van der Waals surface area contributed by atoms with Crippen LogP contribution in [-0.2, 0) is 9.53 Å². The molecular formula is C24H23F4N5O5. The molecule has 10 nitrogen and oxygen atoms in total. The van der Waals surface area contributed by atoms with Gasteiger partial charge in [0.05, 0.1) is 18.8 Å². The number of esters is 1. The quantitative estimate of drug-likeness (QED) is 0.182. The summed E-state index contributed by atoms with van der Waals surface area (Å²) in [5.41, 5.74) is 0.212. The first kappa shape index (κ1) is 27.0. The predicted octanol–water partition coefficient (Wildman–Crippen LogP) is 3.73. The molecule has 1 aliphatic heterocycles. The second kappa shape index (κ2) is 12.0. The number of benzene rings is 2. The van der Waals surface area contributed by atoms with Crippen molar-refractivity contribution < 1.29 is 41.0 Å². The van der Waals surface area contributed by atoms with Gasteiger partial charge in [0.2, 0.25) is 5.89 Å². The van der Waals surface area contributed by atoms with Crippen molar-refractivity contribution in [3.63, 3.8) is 0 Å². The van der Waals surface area contributed by atoms with Crippen molar-refractivity contribution in [1.82, 2.24) is 15.1 Å². The third-order valence-electron chi connectivity index (χ3n) is 5.49. The number of aromatic nitrogens is 2. The smallest absolute Gasteiger partial charge is 0.417 e. The Kier molecular flexibility index (Phi) is 8.53. The summed E-state index contributed by atoms with van der Waals surface area (Å²) in [6, 6.07) is 9.37. The number of ether oxygens (including phenoxy) is 2. The number of morpholine rings is 1. The number of hydrogen-bond donors (Lipinski definition) is 2. The monoisotopic (exact) mass is 537 g/mol. The Labute approximate surface area is 213 Å². The molecule has 1 saturated heterocycles. The number of alkyl halides is 3. The summed E-state index contributed by atoms with van der Waals surface area (Å²) >= 11 is 0. The van der Waals surface area contributed by atoms with Gasteiger partial charge in [-0.2, -0.15) is 13.2 Å². The highest BCUT2D eigenvalue weighted by Gasteiger charge is 2.42. The Bertz CT molecular complexity index is 1260. The lowest BCUT2D eigenvalue weighted by Gasteiger charge is -2.26. The molecule has 202 valence electrons. The molecule has 0 spiro atoms. The number of amides is 1. The van der Waals surface area contributed by atoms with E-state index >= 15 is 0 Å². The molecule has 2 aromatic carbocycles. The van der Waals surface area contributed by atoms with Crippen LogP contribution in [0.1, 0.15) is 16.8 Å². The third-order valence-corrected chi connectivity index (χ3v) is 5.49. The van der Waals surface area contributed by atoms with Crippen LogP contribution in [0.4, 0.5) is 29.3 Å². The van der Waals surface area contributed by atoms with Gasteiger partial charge in [0.15, 0.2) is 11.6 Å². The molecular weight excluding hydrogens is 514 g/mol. The van der Waals surface area contributed by atoms with E-state index in [1.807, 2.05) is 0 Å². The predicted molar refractivity (Wildman–Crippen MR) is 126 cm³/mol. The summed E-state index contributed by atoms with van der Waals surface area (Å²) < 4.78 is 66.7. The lowest BCUT2D eigenvalue weighted by molar-refractivity contribution is -0.189. The first-order chi connectivity index (χ1) is 18.2. The molecule has 0 aliphatic carbocycles. The Morgan fingerprint density at radius 1 is 1.05 bits per heavy atom. The fraction of sp³-hybridized carbons (Fsp3) is 0.333. The SMILES string of the molecule is O=C(Nc1ccc(-c2nnc(NCCCN3CCOCC3)o2)cc1)c1cccc(OC(=O)C(F)(F)F)c1F. The molecule has 1 amide bonds. The lowest BCUT2D eigenvalue weighted by atomic mass is 10.1. The maximum absolute atomic E-state index is 14.5. The number of rotatable bonds is 9. The second-order valence-electron chi connectivity index (χ2n) is 8.18. The average molecular weight is 537 g/mol. The zero-order valence-corrected chi connectivity index (χ0v) is 19.9. The van der Waals surface area contributed by atoms with Crippen LogP contribution < -0.4 is 15.4 Å². The van der Waals surface area contributed by atoms with Gasteiger partial charge in [-0.25, -0.2) is 9.18 Å². The Morgan fingerprint density at radius 2 is 1.79 bits per heavy atom. The third kappa shape index (κ3) is 7.04. The zero-order chi connectivity index (χ0) is 27.1. The van der Waals surface area contributed by atoms with Crippen molar-refractivity contribution in [2.75, 3.05) is 50.0 Å². The van der Waals surface area contributed by atoms with Crippen LogP contribution in [0.15, 0.2) is 46.9 Å². The number of anilines is 2. The maximum atomic E-state index is 14.5. The number of nitrogens with one attached hydrogen (secondary N) is 2. The molecule has 4 rings (SSSR count). The number of nitrogens with zero attached hydrogens (tertiary/aromatic N) is 3. The van der Waals surface area contributed by atoms with Gasteiger partial charge in [0, 0.05) is 30.9 Å². The van der Waals surface area contributed by atoms with E-state index in [2.05, 4.69) is 30.5 Å². The number of carbonyl (C=O) groups is 2. The Hall–Kier alpha value is -4.04. The van der Waals surface area contributed by atoms with Crippen molar-refractivity contribution in [3.8, 4) is 17.2 Å². The minimum Gasteiger partial charge on any atom is -0.417 e. The van der Waals surface area contributed by atoms with Crippen molar-refractivity contribution in [1.29, 1.82) is 0 Å². The molecule has 1 fully saturated rings. The summed E-state index contributed by atoms with van der Waals surface area (Å²) in [6.45, 7) is 4.90. The summed E-state index contributed by atoms with van der Waals surface area (Å²) in [5.74, 6) is -5.74. The van der Waals surface area contributed by atoms with E-state index in [-0.39, 0.29) is 17.6 Å². The van der Waals surface area contributed by atoms with Gasteiger partial charge in [0.25, 0.3) is 5.91 Å². The topological polar surface area (TPSA) is 119 Å². The lowest BCUT2D eigenvalue weighted by Crippen LogP contribution is -2.37. The number of carbonyl (C=O) groups excluding carboxylic acids is 2. The van der Waals surface area contributed by atoms with E-state index < -0.39 is 35.2 Å². The van der Waals surface area contributed by atoms with E-state index in [0.717, 1.165) is 57.5 Å². The van der Waals surface area contributed by atoms with Crippen LogP contribution in [0, 0.1) is 5.82 Å². The highest BCUT2D eigenvalue weighted by molar-refractivity contribution is 6.04. The minimum absolute atomic E-state index is 0.240. The minimum atomic E-state index is -5.31. The molecule has 0 saturated carbocycles. The molecule has 0 atom stereocenters. The van der Waals surface area contributed by atoms with Gasteiger partial charge in [-0.1, -0.05) is 11.2 Å². The first-order valence-electron chi connectivity index (χ1n) is 11.6. The molecule has 2 heterocycles. The normalized spacial score (nSPS) is 14.2. The molecule has 0 radical (unpaired) electrons. The largest absolute Gasteiger partial charge is 0.491 e. The van der Waals surface area contributed by atoms with Gasteiger partial charge in [-0.15, -0.1) is 5.10 Å². The Morgan fingerprint density at radius 3 is 2.50 bits per heavy atom. The number of halogens is 4. The molecule has 14 heteroatoms. The fourth-order valence-electron chi connectivity index (χ4n) is 3.55. The van der Waals surface area contributed by atoms with E-state index in [1.54, 1.807) is 12.1 Å². The van der Waals surface area contributed by atoms with Crippen LogP contribution >= 0.6 is 0 Å². The molecule has 0 unspecified atom stereocenters. The fourth-order valence-corrected chi connectivity index (χ4v) is 3.55. The summed E-state index contributed by atoms with van der Waals surface area (Å²) in [5, 5.41) is 13.5. The van der Waals surface area contributed by atoms with Gasteiger partial charge in [0.1, 0.15) is 0 Å². The standard InChI is InChI=1S/C24H23F4N5O5/c25-19-17(3-1-4-18(19)37-22(35)24(26,27)28)20(34)30-16-7-5-15(6-8-16)21-31-32-23(38-21)29-9-2-10-33-11-13-36-14-12-33/h1,3-8H,2,9-14H2,(H,29,32)(H,30,34). The van der Waals surface area contributed by atoms with Crippen molar-refractivity contribution in [3.05, 3.63) is 53.8 Å². The first-order valence-corrected chi connectivity index (χ1v) is 11.6. The van der Waals surface area contributed by atoms with Gasteiger partial charge < -0.3 is 24.5 Å². The van der Waals surface area contributed by atoms with Gasteiger partial charge in [-0.05, 0) is 49.4 Å². The van der Waals surface area contributed by atoms with E-state index in [1.165, 1.54) is 12.1 Å². The van der Waals surface area contributed by atoms with E-state index in [0.29, 0.717) is 12.1 Å². The molecule has 1 aliphatic rings. The van der Waals surface area contributed by atoms with Crippen LogP contribution in [-0.4, -0.2) is 72.5 Å². The Balaban J connectivity index is 1.31. The van der Waals surface area contributed by atoms with Crippen molar-refractivity contribution in [2.45, 2.75) is 12.6 Å². The molecule has 2 N–H and O–H groups in total. The zero-order valence-electron chi connectivity index (χ0n) is 19.9. The van der Waals surface area contributed by atoms with Crippen molar-refractivity contribution in [2.24, 2.45) is 0 Å². The summed E-state index contributed by atoms with van der Waals surface area (Å²) in [4.78, 5) is 25.8. The summed E-state index contributed by atoms with van der Waals surface area (Å²) in [7, 11) is 0. The van der Waals surface area contributed by atoms with E-state index in [4.69, 9.17) is 9.15 Å². The van der Waals surface area contributed by atoms with Crippen LogP contribution in [0.3, 0.4) is 0 Å². The molecule has 0 bridgehead atoms.